The zero-order valence-electron chi connectivity index (χ0n) is 12.7. The molecule has 1 saturated carbocycles. The Morgan fingerprint density at radius 1 is 1.45 bits per heavy atom. The second kappa shape index (κ2) is 5.48. The van der Waals surface area contributed by atoms with Crippen LogP contribution in [0.2, 0.25) is 0 Å². The van der Waals surface area contributed by atoms with Crippen molar-refractivity contribution in [3.05, 3.63) is 32.7 Å². The van der Waals surface area contributed by atoms with Gasteiger partial charge in [-0.3, -0.25) is 14.0 Å². The fourth-order valence-corrected chi connectivity index (χ4v) is 3.81. The smallest absolute Gasteiger partial charge is 0.271 e. The molecule has 0 radical (unpaired) electrons. The highest BCUT2D eigenvalue weighted by atomic mass is 32.1. The summed E-state index contributed by atoms with van der Waals surface area (Å²) in [5.41, 5.74) is -0.373. The minimum Gasteiger partial charge on any atom is -0.388 e. The van der Waals surface area contributed by atoms with Crippen LogP contribution < -0.4 is 10.9 Å². The quantitative estimate of drug-likeness (QED) is 0.895. The van der Waals surface area contributed by atoms with Gasteiger partial charge >= 0.3 is 0 Å². The maximum absolute atomic E-state index is 12.5. The monoisotopic (exact) mass is 321 g/mol. The van der Waals surface area contributed by atoms with Crippen LogP contribution in [0.15, 0.2) is 11.0 Å². The lowest BCUT2D eigenvalue weighted by molar-refractivity contribution is 0.0449. The number of hydrogen-bond donors (Lipinski definition) is 2. The first-order valence-corrected chi connectivity index (χ1v) is 8.21. The first-order chi connectivity index (χ1) is 10.4. The van der Waals surface area contributed by atoms with Crippen LogP contribution in [0.5, 0.6) is 0 Å². The molecule has 0 spiro atoms. The van der Waals surface area contributed by atoms with Crippen LogP contribution in [0.4, 0.5) is 0 Å². The SMILES string of the molecule is Cc1sc2ncc(C(=O)NCC3(O)CCCC3)c(=O)n2c1C. The number of aryl methyl sites for hydroxylation is 2. The standard InChI is InChI=1S/C15H19N3O3S/c1-9-10(2)22-14-16-7-11(13(20)18(9)14)12(19)17-8-15(21)5-3-4-6-15/h7,21H,3-6,8H2,1-2H3,(H,17,19). The highest BCUT2D eigenvalue weighted by Gasteiger charge is 2.31. The maximum Gasteiger partial charge on any atom is 0.271 e. The lowest BCUT2D eigenvalue weighted by Gasteiger charge is -2.22. The Labute approximate surface area is 131 Å². The summed E-state index contributed by atoms with van der Waals surface area (Å²) in [6, 6.07) is 0. The number of amides is 1. The third-order valence-corrected chi connectivity index (χ3v) is 5.45. The molecule has 118 valence electrons. The van der Waals surface area contributed by atoms with E-state index in [1.165, 1.54) is 21.9 Å². The molecule has 2 heterocycles. The molecule has 6 nitrogen and oxygen atoms in total. The van der Waals surface area contributed by atoms with Gasteiger partial charge in [0.1, 0.15) is 5.56 Å². The van der Waals surface area contributed by atoms with Crippen LogP contribution >= 0.6 is 11.3 Å². The van der Waals surface area contributed by atoms with Crippen LogP contribution in [-0.4, -0.2) is 32.5 Å². The Bertz CT molecular complexity index is 787. The van der Waals surface area contributed by atoms with Gasteiger partial charge < -0.3 is 10.4 Å². The van der Waals surface area contributed by atoms with E-state index in [-0.39, 0.29) is 17.7 Å². The molecule has 2 aromatic heterocycles. The lowest BCUT2D eigenvalue weighted by Crippen LogP contribution is -2.42. The third kappa shape index (κ3) is 2.55. The molecule has 1 aliphatic rings. The van der Waals surface area contributed by atoms with Gasteiger partial charge in [0.15, 0.2) is 4.96 Å². The number of carbonyl (C=O) groups is 1. The zero-order valence-corrected chi connectivity index (χ0v) is 13.5. The molecule has 0 atom stereocenters. The summed E-state index contributed by atoms with van der Waals surface area (Å²) >= 11 is 1.43. The number of thiazole rings is 1. The van der Waals surface area contributed by atoms with Crippen molar-refractivity contribution in [1.82, 2.24) is 14.7 Å². The van der Waals surface area contributed by atoms with E-state index in [1.54, 1.807) is 0 Å². The Morgan fingerprint density at radius 2 is 2.14 bits per heavy atom. The summed E-state index contributed by atoms with van der Waals surface area (Å²) in [5.74, 6) is -0.476. The normalized spacial score (nSPS) is 17.0. The fourth-order valence-electron chi connectivity index (χ4n) is 2.88. The van der Waals surface area contributed by atoms with Gasteiger partial charge in [-0.2, -0.15) is 0 Å². The van der Waals surface area contributed by atoms with Crippen molar-refractivity contribution in [1.29, 1.82) is 0 Å². The van der Waals surface area contributed by atoms with Crippen LogP contribution in [0.1, 0.15) is 46.6 Å². The lowest BCUT2D eigenvalue weighted by atomic mass is 10.0. The largest absolute Gasteiger partial charge is 0.388 e. The van der Waals surface area contributed by atoms with E-state index in [2.05, 4.69) is 10.3 Å². The zero-order chi connectivity index (χ0) is 15.9. The first-order valence-electron chi connectivity index (χ1n) is 7.40. The molecule has 7 heteroatoms. The van der Waals surface area contributed by atoms with Crippen molar-refractivity contribution in [3.63, 3.8) is 0 Å². The number of rotatable bonds is 3. The van der Waals surface area contributed by atoms with Gasteiger partial charge in [0.05, 0.1) is 5.60 Å². The summed E-state index contributed by atoms with van der Waals surface area (Å²) in [6.45, 7) is 3.93. The number of nitrogens with zero attached hydrogens (tertiary/aromatic N) is 2. The molecule has 0 bridgehead atoms. The van der Waals surface area contributed by atoms with Gasteiger partial charge in [-0.15, -0.1) is 11.3 Å². The van der Waals surface area contributed by atoms with E-state index >= 15 is 0 Å². The van der Waals surface area contributed by atoms with Crippen molar-refractivity contribution in [3.8, 4) is 0 Å². The van der Waals surface area contributed by atoms with E-state index in [0.29, 0.717) is 17.8 Å². The number of aliphatic hydroxyl groups is 1. The molecule has 0 saturated heterocycles. The molecule has 1 amide bonds. The first kappa shape index (κ1) is 15.2. The minimum atomic E-state index is -0.835. The van der Waals surface area contributed by atoms with Crippen molar-refractivity contribution in [2.45, 2.75) is 45.1 Å². The molecular formula is C15H19N3O3S. The molecule has 1 fully saturated rings. The highest BCUT2D eigenvalue weighted by molar-refractivity contribution is 7.17. The van der Waals surface area contributed by atoms with E-state index in [4.69, 9.17) is 0 Å². The van der Waals surface area contributed by atoms with Gasteiger partial charge in [-0.25, -0.2) is 4.98 Å². The predicted octanol–water partition coefficient (Wildman–Crippen LogP) is 1.41. The van der Waals surface area contributed by atoms with Crippen LogP contribution in [-0.2, 0) is 0 Å². The Balaban J connectivity index is 1.86. The van der Waals surface area contributed by atoms with Crippen LogP contribution in [0.25, 0.3) is 4.96 Å². The van der Waals surface area contributed by atoms with Crippen molar-refractivity contribution in [2.75, 3.05) is 6.54 Å². The van der Waals surface area contributed by atoms with Gasteiger partial charge in [-0.1, -0.05) is 12.8 Å². The second-order valence-corrected chi connectivity index (χ2v) is 7.13. The summed E-state index contributed by atoms with van der Waals surface area (Å²) in [4.78, 5) is 30.5. The van der Waals surface area contributed by atoms with Gasteiger partial charge in [0, 0.05) is 23.3 Å². The fraction of sp³-hybridized carbons (Fsp3) is 0.533. The van der Waals surface area contributed by atoms with Gasteiger partial charge in [-0.05, 0) is 26.7 Å². The van der Waals surface area contributed by atoms with Gasteiger partial charge in [0.2, 0.25) is 0 Å². The van der Waals surface area contributed by atoms with Crippen molar-refractivity contribution in [2.24, 2.45) is 0 Å². The average molecular weight is 321 g/mol. The average Bonchev–Trinajstić information content (AvgIpc) is 3.03. The van der Waals surface area contributed by atoms with E-state index < -0.39 is 11.5 Å². The molecule has 3 rings (SSSR count). The molecule has 1 aliphatic carbocycles. The van der Waals surface area contributed by atoms with Crippen LogP contribution in [0, 0.1) is 13.8 Å². The number of hydrogen-bond acceptors (Lipinski definition) is 5. The topological polar surface area (TPSA) is 83.7 Å². The molecular weight excluding hydrogens is 302 g/mol. The Morgan fingerprint density at radius 3 is 2.82 bits per heavy atom. The number of aromatic nitrogens is 2. The molecule has 22 heavy (non-hydrogen) atoms. The van der Waals surface area contributed by atoms with E-state index in [9.17, 15) is 14.7 Å². The van der Waals surface area contributed by atoms with Crippen molar-refractivity contribution < 1.29 is 9.90 Å². The minimum absolute atomic E-state index is 0.0139. The molecule has 2 aromatic rings. The number of fused-ring (bicyclic) bond motifs is 1. The molecule has 2 N–H and O–H groups in total. The predicted molar refractivity (Wildman–Crippen MR) is 84.6 cm³/mol. The second-order valence-electron chi connectivity index (χ2n) is 5.95. The molecule has 0 aliphatic heterocycles. The third-order valence-electron chi connectivity index (χ3n) is 4.38. The Kier molecular flexibility index (Phi) is 3.78. The van der Waals surface area contributed by atoms with E-state index in [0.717, 1.165) is 23.4 Å². The Hall–Kier alpha value is -1.73. The highest BCUT2D eigenvalue weighted by Crippen LogP contribution is 2.28. The summed E-state index contributed by atoms with van der Waals surface area (Å²) < 4.78 is 1.47. The van der Waals surface area contributed by atoms with Gasteiger partial charge in [0.25, 0.3) is 11.5 Å². The molecule has 0 aromatic carbocycles. The summed E-state index contributed by atoms with van der Waals surface area (Å²) in [5, 5.41) is 12.9. The summed E-state index contributed by atoms with van der Waals surface area (Å²) in [6.07, 6.45) is 4.63. The van der Waals surface area contributed by atoms with Crippen molar-refractivity contribution >= 4 is 22.2 Å². The maximum atomic E-state index is 12.5. The molecule has 0 unspecified atom stereocenters. The summed E-state index contributed by atoms with van der Waals surface area (Å²) in [7, 11) is 0. The van der Waals surface area contributed by atoms with E-state index in [1.807, 2.05) is 13.8 Å². The number of nitrogens with one attached hydrogen (secondary N) is 1. The number of carbonyl (C=O) groups excluding carboxylic acids is 1. The van der Waals surface area contributed by atoms with Crippen LogP contribution in [0.3, 0.4) is 0 Å².